The third-order valence-corrected chi connectivity index (χ3v) is 7.56. The minimum atomic E-state index is -3.61. The van der Waals surface area contributed by atoms with Gasteiger partial charge in [0.25, 0.3) is 11.8 Å². The number of hydrogen-bond acceptors (Lipinski definition) is 5. The zero-order valence-corrected chi connectivity index (χ0v) is 19.0. The molecule has 1 aromatic heterocycles. The average molecular weight is 458 g/mol. The first-order valence-electron chi connectivity index (χ1n) is 9.53. The van der Waals surface area contributed by atoms with Crippen LogP contribution in [0.2, 0.25) is 0 Å². The van der Waals surface area contributed by atoms with E-state index in [1.54, 1.807) is 50.2 Å². The Morgan fingerprint density at radius 1 is 0.903 bits per heavy atom. The van der Waals surface area contributed by atoms with Crippen molar-refractivity contribution in [3.63, 3.8) is 0 Å². The van der Waals surface area contributed by atoms with Crippen molar-refractivity contribution >= 4 is 44.5 Å². The maximum absolute atomic E-state index is 12.6. The van der Waals surface area contributed by atoms with Crippen molar-refractivity contribution in [3.8, 4) is 0 Å². The molecule has 2 aromatic carbocycles. The number of nitrogens with one attached hydrogen (secondary N) is 2. The van der Waals surface area contributed by atoms with Crippen molar-refractivity contribution in [2.75, 3.05) is 17.7 Å². The number of hydrogen-bond donors (Lipinski definition) is 2. The summed E-state index contributed by atoms with van der Waals surface area (Å²) in [5, 5.41) is 7.37. The fourth-order valence-electron chi connectivity index (χ4n) is 2.70. The topological polar surface area (TPSA) is 95.6 Å². The van der Waals surface area contributed by atoms with Gasteiger partial charge in [0.05, 0.1) is 9.77 Å². The van der Waals surface area contributed by atoms with Crippen LogP contribution in [0.3, 0.4) is 0 Å². The van der Waals surface area contributed by atoms with Gasteiger partial charge in [-0.15, -0.1) is 11.3 Å². The fourth-order valence-corrected chi connectivity index (χ4v) is 4.69. The highest BCUT2D eigenvalue weighted by atomic mass is 32.2. The largest absolute Gasteiger partial charge is 0.322 e. The van der Waals surface area contributed by atoms with E-state index in [9.17, 15) is 18.0 Å². The lowest BCUT2D eigenvalue weighted by atomic mass is 10.2. The summed E-state index contributed by atoms with van der Waals surface area (Å²) in [5.41, 5.74) is 1.37. The average Bonchev–Trinajstić information content (AvgIpc) is 3.28. The van der Waals surface area contributed by atoms with Gasteiger partial charge in [-0.25, -0.2) is 8.42 Å². The Hall–Kier alpha value is -3.01. The first-order chi connectivity index (χ1) is 14.7. The minimum Gasteiger partial charge on any atom is -0.322 e. The Kier molecular flexibility index (Phi) is 6.89. The summed E-state index contributed by atoms with van der Waals surface area (Å²) in [6.07, 6.45) is 0. The standard InChI is InChI=1S/C22H23N3O4S2/c1-15(2)25(3)31(28,29)19-11-9-16(10-12-19)21(26)23-17-6-4-7-18(14-17)24-22(27)20-8-5-13-30-20/h4-15H,1-3H3,(H,23,26)(H,24,27). The molecule has 0 aliphatic heterocycles. The molecule has 7 nitrogen and oxygen atoms in total. The van der Waals surface area contributed by atoms with Crippen molar-refractivity contribution in [1.82, 2.24) is 4.31 Å². The van der Waals surface area contributed by atoms with Crippen LogP contribution in [0.25, 0.3) is 0 Å². The third kappa shape index (κ3) is 5.38. The molecule has 2 amide bonds. The normalized spacial score (nSPS) is 11.5. The summed E-state index contributed by atoms with van der Waals surface area (Å²) < 4.78 is 26.4. The van der Waals surface area contributed by atoms with Gasteiger partial charge < -0.3 is 10.6 Å². The van der Waals surface area contributed by atoms with Crippen LogP contribution in [0.5, 0.6) is 0 Å². The van der Waals surface area contributed by atoms with Crippen LogP contribution in [0.4, 0.5) is 11.4 Å². The molecule has 3 aromatic rings. The Morgan fingerprint density at radius 2 is 1.52 bits per heavy atom. The van der Waals surface area contributed by atoms with Crippen molar-refractivity contribution < 1.29 is 18.0 Å². The van der Waals surface area contributed by atoms with Gasteiger partial charge >= 0.3 is 0 Å². The second-order valence-electron chi connectivity index (χ2n) is 7.11. The quantitative estimate of drug-likeness (QED) is 0.553. The molecular weight excluding hydrogens is 434 g/mol. The summed E-state index contributed by atoms with van der Waals surface area (Å²) in [6.45, 7) is 3.58. The molecule has 31 heavy (non-hydrogen) atoms. The van der Waals surface area contributed by atoms with Gasteiger partial charge in [0, 0.05) is 30.0 Å². The zero-order chi connectivity index (χ0) is 22.6. The predicted octanol–water partition coefficient (Wildman–Crippen LogP) is 4.28. The lowest BCUT2D eigenvalue weighted by molar-refractivity contribution is 0.102. The van der Waals surface area contributed by atoms with E-state index in [0.717, 1.165) is 0 Å². The molecule has 1 heterocycles. The number of carbonyl (C=O) groups excluding carboxylic acids is 2. The second-order valence-corrected chi connectivity index (χ2v) is 10.1. The van der Waals surface area contributed by atoms with Crippen molar-refractivity contribution in [2.45, 2.75) is 24.8 Å². The lowest BCUT2D eigenvalue weighted by Crippen LogP contribution is -2.33. The summed E-state index contributed by atoms with van der Waals surface area (Å²) in [4.78, 5) is 25.5. The number of rotatable bonds is 7. The van der Waals surface area contributed by atoms with Gasteiger partial charge in [-0.3, -0.25) is 9.59 Å². The molecule has 0 fully saturated rings. The summed E-state index contributed by atoms with van der Waals surface area (Å²) in [5.74, 6) is -0.607. The smallest absolute Gasteiger partial charge is 0.265 e. The predicted molar refractivity (Wildman–Crippen MR) is 123 cm³/mol. The number of nitrogens with zero attached hydrogens (tertiary/aromatic N) is 1. The highest BCUT2D eigenvalue weighted by molar-refractivity contribution is 7.89. The highest BCUT2D eigenvalue weighted by Crippen LogP contribution is 2.20. The van der Waals surface area contributed by atoms with Crippen molar-refractivity contribution in [3.05, 3.63) is 76.5 Å². The summed E-state index contributed by atoms with van der Waals surface area (Å²) in [7, 11) is -2.09. The summed E-state index contributed by atoms with van der Waals surface area (Å²) >= 11 is 1.34. The zero-order valence-electron chi connectivity index (χ0n) is 17.3. The molecule has 0 aliphatic carbocycles. The van der Waals surface area contributed by atoms with Gasteiger partial charge in [-0.05, 0) is 67.8 Å². The molecule has 9 heteroatoms. The molecule has 2 N–H and O–H groups in total. The SMILES string of the molecule is CC(C)N(C)S(=O)(=O)c1ccc(C(=O)Nc2cccc(NC(=O)c3cccs3)c2)cc1. The van der Waals surface area contributed by atoms with Crippen LogP contribution in [0, 0.1) is 0 Å². The van der Waals surface area contributed by atoms with Crippen LogP contribution in [0.1, 0.15) is 33.9 Å². The van der Waals surface area contributed by atoms with E-state index in [-0.39, 0.29) is 22.8 Å². The van der Waals surface area contributed by atoms with E-state index < -0.39 is 10.0 Å². The first-order valence-corrected chi connectivity index (χ1v) is 11.8. The molecule has 0 spiro atoms. The number of carbonyl (C=O) groups is 2. The second kappa shape index (κ2) is 9.42. The molecule has 0 aliphatic rings. The monoisotopic (exact) mass is 457 g/mol. The fraction of sp³-hybridized carbons (Fsp3) is 0.182. The maximum Gasteiger partial charge on any atom is 0.265 e. The molecule has 0 bridgehead atoms. The number of amides is 2. The molecule has 3 rings (SSSR count). The van der Waals surface area contributed by atoms with Crippen molar-refractivity contribution in [1.29, 1.82) is 0 Å². The highest BCUT2D eigenvalue weighted by Gasteiger charge is 2.23. The van der Waals surface area contributed by atoms with Crippen molar-refractivity contribution in [2.24, 2.45) is 0 Å². The van der Waals surface area contributed by atoms with E-state index in [4.69, 9.17) is 0 Å². The first kappa shape index (κ1) is 22.7. The molecule has 0 saturated carbocycles. The maximum atomic E-state index is 12.6. The Bertz CT molecular complexity index is 1170. The van der Waals surface area contributed by atoms with E-state index in [2.05, 4.69) is 10.6 Å². The van der Waals surface area contributed by atoms with Crippen LogP contribution in [0.15, 0.2) is 70.9 Å². The Balaban J connectivity index is 1.70. The molecular formula is C22H23N3O4S2. The van der Waals surface area contributed by atoms with Gasteiger partial charge in [0.15, 0.2) is 0 Å². The minimum absolute atomic E-state index is 0.124. The molecule has 0 radical (unpaired) electrons. The van der Waals surface area contributed by atoms with E-state index in [1.807, 2.05) is 5.38 Å². The van der Waals surface area contributed by atoms with Crippen LogP contribution >= 0.6 is 11.3 Å². The number of thiophene rings is 1. The molecule has 162 valence electrons. The van der Waals surface area contributed by atoms with E-state index >= 15 is 0 Å². The summed E-state index contributed by atoms with van der Waals surface area (Å²) in [6, 6.07) is 15.9. The Morgan fingerprint density at radius 3 is 2.06 bits per heavy atom. The van der Waals surface area contributed by atoms with Gasteiger partial charge in [0.2, 0.25) is 10.0 Å². The van der Waals surface area contributed by atoms with Gasteiger partial charge in [-0.2, -0.15) is 4.31 Å². The number of sulfonamides is 1. The van der Waals surface area contributed by atoms with E-state index in [0.29, 0.717) is 21.8 Å². The Labute approximate surface area is 185 Å². The van der Waals surface area contributed by atoms with Gasteiger partial charge in [0.1, 0.15) is 0 Å². The number of anilines is 2. The van der Waals surface area contributed by atoms with E-state index in [1.165, 1.54) is 47.0 Å². The van der Waals surface area contributed by atoms with Crippen LogP contribution in [-0.2, 0) is 10.0 Å². The third-order valence-electron chi connectivity index (χ3n) is 4.64. The number of benzene rings is 2. The lowest BCUT2D eigenvalue weighted by Gasteiger charge is -2.21. The molecule has 0 unspecified atom stereocenters. The molecule has 0 saturated heterocycles. The molecule has 0 atom stereocenters. The van der Waals surface area contributed by atoms with Crippen LogP contribution in [-0.4, -0.2) is 37.6 Å². The van der Waals surface area contributed by atoms with Gasteiger partial charge in [-0.1, -0.05) is 12.1 Å². The van der Waals surface area contributed by atoms with Crippen LogP contribution < -0.4 is 10.6 Å².